The van der Waals surface area contributed by atoms with Crippen molar-refractivity contribution in [2.75, 3.05) is 20.1 Å². The van der Waals surface area contributed by atoms with Crippen LogP contribution in [0, 0.1) is 0 Å². The Morgan fingerprint density at radius 3 is 2.45 bits per heavy atom. The molecule has 3 heteroatoms. The summed E-state index contributed by atoms with van der Waals surface area (Å²) in [6.45, 7) is 6.30. The van der Waals surface area contributed by atoms with Crippen molar-refractivity contribution in [3.8, 4) is 0 Å². The Balaban J connectivity index is 3.47. The molecule has 0 spiro atoms. The molecule has 0 rings (SSSR count). The highest BCUT2D eigenvalue weighted by molar-refractivity contribution is 7.80. The lowest BCUT2D eigenvalue weighted by Crippen LogP contribution is -2.37. The Labute approximate surface area is 75.0 Å². The van der Waals surface area contributed by atoms with Gasteiger partial charge in [-0.25, -0.2) is 0 Å². The summed E-state index contributed by atoms with van der Waals surface area (Å²) in [5.41, 5.74) is 0. The van der Waals surface area contributed by atoms with Gasteiger partial charge in [0.2, 0.25) is 0 Å². The molecule has 0 unspecified atom stereocenters. The lowest BCUT2D eigenvalue weighted by Gasteiger charge is -2.19. The molecule has 0 aliphatic rings. The molecule has 0 bridgehead atoms. The molecule has 0 saturated carbocycles. The summed E-state index contributed by atoms with van der Waals surface area (Å²) in [7, 11) is 2.02. The first-order valence-electron chi connectivity index (χ1n) is 4.21. The Kier molecular flexibility index (Phi) is 6.22. The van der Waals surface area contributed by atoms with Gasteiger partial charge in [0.05, 0.1) is 0 Å². The van der Waals surface area contributed by atoms with Crippen molar-refractivity contribution in [3.05, 3.63) is 0 Å². The molecular formula is C8H18N2S. The minimum Gasteiger partial charge on any atom is -0.363 e. The molecule has 0 aliphatic carbocycles. The van der Waals surface area contributed by atoms with Crippen molar-refractivity contribution in [1.82, 2.24) is 10.2 Å². The van der Waals surface area contributed by atoms with E-state index in [1.54, 1.807) is 0 Å². The van der Waals surface area contributed by atoms with E-state index in [1.165, 1.54) is 0 Å². The second-order valence-corrected chi connectivity index (χ2v) is 3.04. The number of rotatable bonds is 4. The fourth-order valence-electron chi connectivity index (χ4n) is 0.804. The van der Waals surface area contributed by atoms with Gasteiger partial charge >= 0.3 is 0 Å². The van der Waals surface area contributed by atoms with Crippen molar-refractivity contribution < 1.29 is 0 Å². The average Bonchev–Trinajstić information content (AvgIpc) is 2.00. The lowest BCUT2D eigenvalue weighted by molar-refractivity contribution is 0.490. The zero-order valence-electron chi connectivity index (χ0n) is 7.68. The third kappa shape index (κ3) is 5.01. The minimum absolute atomic E-state index is 0.869. The fraction of sp³-hybridized carbons (Fsp3) is 0.875. The highest BCUT2D eigenvalue weighted by Crippen LogP contribution is 1.87. The van der Waals surface area contributed by atoms with E-state index in [0.717, 1.165) is 31.0 Å². The maximum atomic E-state index is 5.12. The Morgan fingerprint density at radius 1 is 1.36 bits per heavy atom. The number of hydrogen-bond donors (Lipinski definition) is 1. The van der Waals surface area contributed by atoms with Gasteiger partial charge in [-0.2, -0.15) is 0 Å². The van der Waals surface area contributed by atoms with Crippen LogP contribution in [-0.4, -0.2) is 30.1 Å². The van der Waals surface area contributed by atoms with Crippen molar-refractivity contribution in [1.29, 1.82) is 0 Å². The zero-order chi connectivity index (χ0) is 8.69. The first-order valence-corrected chi connectivity index (χ1v) is 4.62. The second-order valence-electron chi connectivity index (χ2n) is 2.65. The summed E-state index contributed by atoms with van der Waals surface area (Å²) in [5, 5.41) is 4.04. The molecule has 0 amide bonds. The van der Waals surface area contributed by atoms with E-state index in [2.05, 4.69) is 24.1 Å². The van der Waals surface area contributed by atoms with Gasteiger partial charge < -0.3 is 10.2 Å². The molecule has 1 N–H and O–H groups in total. The number of hydrogen-bond acceptors (Lipinski definition) is 1. The van der Waals surface area contributed by atoms with Crippen LogP contribution in [0.1, 0.15) is 26.7 Å². The van der Waals surface area contributed by atoms with Crippen molar-refractivity contribution in [2.24, 2.45) is 0 Å². The molecule has 0 aromatic heterocycles. The van der Waals surface area contributed by atoms with Crippen LogP contribution >= 0.6 is 12.2 Å². The number of thiocarbonyl (C=S) groups is 1. The van der Waals surface area contributed by atoms with Gasteiger partial charge in [0, 0.05) is 20.1 Å². The van der Waals surface area contributed by atoms with Gasteiger partial charge in [0.25, 0.3) is 0 Å². The summed E-state index contributed by atoms with van der Waals surface area (Å²) in [6.07, 6.45) is 2.27. The molecule has 2 nitrogen and oxygen atoms in total. The highest BCUT2D eigenvalue weighted by Gasteiger charge is 1.99. The second kappa shape index (κ2) is 6.40. The van der Waals surface area contributed by atoms with Crippen LogP contribution in [0.25, 0.3) is 0 Å². The molecule has 0 atom stereocenters. The standard InChI is InChI=1S/C8H18N2S/c1-4-6-9-8(11)10(3)7-5-2/h4-7H2,1-3H3,(H,9,11). The van der Waals surface area contributed by atoms with E-state index in [1.807, 2.05) is 7.05 Å². The summed E-state index contributed by atoms with van der Waals surface area (Å²) < 4.78 is 0. The van der Waals surface area contributed by atoms with Crippen LogP contribution in [0.15, 0.2) is 0 Å². The summed E-state index contributed by atoms with van der Waals surface area (Å²) in [5.74, 6) is 0. The molecular weight excluding hydrogens is 156 g/mol. The predicted molar refractivity (Wildman–Crippen MR) is 53.8 cm³/mol. The molecule has 0 heterocycles. The maximum absolute atomic E-state index is 5.12. The average molecular weight is 174 g/mol. The first kappa shape index (κ1) is 10.7. The smallest absolute Gasteiger partial charge is 0.168 e. The predicted octanol–water partition coefficient (Wildman–Crippen LogP) is 1.61. The van der Waals surface area contributed by atoms with Crippen molar-refractivity contribution in [2.45, 2.75) is 26.7 Å². The van der Waals surface area contributed by atoms with Gasteiger partial charge in [-0.15, -0.1) is 0 Å². The monoisotopic (exact) mass is 174 g/mol. The van der Waals surface area contributed by atoms with Crippen LogP contribution < -0.4 is 5.32 Å². The number of nitrogens with one attached hydrogen (secondary N) is 1. The van der Waals surface area contributed by atoms with Crippen molar-refractivity contribution in [3.63, 3.8) is 0 Å². The first-order chi connectivity index (χ1) is 5.22. The molecule has 0 fully saturated rings. The molecule has 0 saturated heterocycles. The van der Waals surface area contributed by atoms with Crippen LogP contribution in [-0.2, 0) is 0 Å². The third-order valence-corrected chi connectivity index (χ3v) is 1.89. The van der Waals surface area contributed by atoms with E-state index in [0.29, 0.717) is 0 Å². The molecule has 66 valence electrons. The van der Waals surface area contributed by atoms with Crippen LogP contribution in [0.5, 0.6) is 0 Å². The zero-order valence-corrected chi connectivity index (χ0v) is 8.50. The summed E-state index contributed by atoms with van der Waals surface area (Å²) in [6, 6.07) is 0. The minimum atomic E-state index is 0.869. The maximum Gasteiger partial charge on any atom is 0.168 e. The largest absolute Gasteiger partial charge is 0.363 e. The third-order valence-electron chi connectivity index (χ3n) is 1.43. The normalized spacial score (nSPS) is 9.36. The summed E-state index contributed by atoms with van der Waals surface area (Å²) >= 11 is 5.12. The fourth-order valence-corrected chi connectivity index (χ4v) is 0.997. The molecule has 0 aromatic rings. The van der Waals surface area contributed by atoms with Crippen LogP contribution in [0.4, 0.5) is 0 Å². The van der Waals surface area contributed by atoms with E-state index >= 15 is 0 Å². The van der Waals surface area contributed by atoms with E-state index in [-0.39, 0.29) is 0 Å². The Bertz CT molecular complexity index is 115. The van der Waals surface area contributed by atoms with Crippen LogP contribution in [0.2, 0.25) is 0 Å². The van der Waals surface area contributed by atoms with E-state index in [9.17, 15) is 0 Å². The van der Waals surface area contributed by atoms with Gasteiger partial charge in [0.15, 0.2) is 5.11 Å². The van der Waals surface area contributed by atoms with Crippen LogP contribution in [0.3, 0.4) is 0 Å². The Morgan fingerprint density at radius 2 is 2.00 bits per heavy atom. The molecule has 11 heavy (non-hydrogen) atoms. The quantitative estimate of drug-likeness (QED) is 0.652. The molecule has 0 aliphatic heterocycles. The number of nitrogens with zero attached hydrogens (tertiary/aromatic N) is 1. The van der Waals surface area contributed by atoms with Gasteiger partial charge in [-0.1, -0.05) is 13.8 Å². The highest BCUT2D eigenvalue weighted by atomic mass is 32.1. The van der Waals surface area contributed by atoms with Gasteiger partial charge in [-0.3, -0.25) is 0 Å². The van der Waals surface area contributed by atoms with E-state index < -0.39 is 0 Å². The molecule has 0 aromatic carbocycles. The summed E-state index contributed by atoms with van der Waals surface area (Å²) in [4.78, 5) is 2.07. The Hall–Kier alpha value is -0.310. The van der Waals surface area contributed by atoms with Gasteiger partial charge in [-0.05, 0) is 25.1 Å². The van der Waals surface area contributed by atoms with Crippen molar-refractivity contribution >= 4 is 17.3 Å². The molecule has 0 radical (unpaired) electrons. The lowest BCUT2D eigenvalue weighted by atomic mass is 10.4. The topological polar surface area (TPSA) is 15.3 Å². The SMILES string of the molecule is CCCNC(=S)N(C)CCC. The van der Waals surface area contributed by atoms with Gasteiger partial charge in [0.1, 0.15) is 0 Å². The van der Waals surface area contributed by atoms with E-state index in [4.69, 9.17) is 12.2 Å².